The summed E-state index contributed by atoms with van der Waals surface area (Å²) >= 11 is 0. The van der Waals surface area contributed by atoms with Crippen molar-refractivity contribution < 1.29 is 64.4 Å². The van der Waals surface area contributed by atoms with Crippen LogP contribution in [0.15, 0.2) is 56.6 Å². The zero-order valence-corrected chi connectivity index (χ0v) is 22.6. The van der Waals surface area contributed by atoms with Crippen molar-refractivity contribution in [2.75, 3.05) is 23.3 Å². The van der Waals surface area contributed by atoms with E-state index in [0.717, 1.165) is 23.9 Å². The number of hydrogen-bond acceptors (Lipinski definition) is 12. The van der Waals surface area contributed by atoms with Crippen LogP contribution in [0.1, 0.15) is 19.4 Å². The molecule has 3 aromatic rings. The van der Waals surface area contributed by atoms with Gasteiger partial charge in [-0.2, -0.15) is 18.6 Å². The third kappa shape index (κ3) is 4.68. The molecule has 0 radical (unpaired) electrons. The molecule has 0 saturated heterocycles. The van der Waals surface area contributed by atoms with Gasteiger partial charge in [-0.05, 0) is 50.2 Å². The van der Waals surface area contributed by atoms with Gasteiger partial charge in [0.15, 0.2) is 10.1 Å². The van der Waals surface area contributed by atoms with Gasteiger partial charge in [0.2, 0.25) is 0 Å². The predicted octanol–water partition coefficient (Wildman–Crippen LogP) is -1.62. The van der Waals surface area contributed by atoms with Crippen molar-refractivity contribution in [1.29, 1.82) is 0 Å². The molecular formula is C20H20N3NaO9S2. The van der Waals surface area contributed by atoms with E-state index in [4.69, 9.17) is 15.1 Å². The summed E-state index contributed by atoms with van der Waals surface area (Å²) in [6.45, 7) is 5.36. The second-order valence-corrected chi connectivity index (χ2v) is 10.4. The molecule has 0 amide bonds. The minimum Gasteiger partial charge on any atom is -0.743 e. The van der Waals surface area contributed by atoms with E-state index in [1.807, 2.05) is 18.7 Å². The number of benzene rings is 2. The smallest absolute Gasteiger partial charge is 0.743 e. The van der Waals surface area contributed by atoms with Gasteiger partial charge >= 0.3 is 50.4 Å². The van der Waals surface area contributed by atoms with Gasteiger partial charge in [-0.3, -0.25) is 0 Å². The normalized spacial score (nSPS) is 17.3. The molecule has 1 unspecified atom stereocenters. The van der Waals surface area contributed by atoms with Crippen molar-refractivity contribution in [2.45, 2.75) is 23.8 Å². The number of fused-ring (bicyclic) bond motifs is 2. The first kappa shape index (κ1) is 27.4. The number of ether oxygens (including phenoxy) is 1. The van der Waals surface area contributed by atoms with Crippen molar-refractivity contribution in [2.24, 2.45) is 5.90 Å². The van der Waals surface area contributed by atoms with Crippen LogP contribution in [0.2, 0.25) is 0 Å². The molecule has 12 nitrogen and oxygen atoms in total. The van der Waals surface area contributed by atoms with Crippen LogP contribution in [0.25, 0.3) is 11.0 Å². The third-order valence-electron chi connectivity index (χ3n) is 5.47. The Kier molecular flexibility index (Phi) is 7.60. The largest absolute Gasteiger partial charge is 1.00 e. The average Bonchev–Trinajstić information content (AvgIpc) is 3.19. The zero-order valence-electron chi connectivity index (χ0n) is 19.0. The maximum atomic E-state index is 12.9. The van der Waals surface area contributed by atoms with Crippen LogP contribution < -0.4 is 56.0 Å². The van der Waals surface area contributed by atoms with E-state index in [0.29, 0.717) is 18.5 Å². The van der Waals surface area contributed by atoms with Gasteiger partial charge in [0, 0.05) is 30.2 Å². The molecule has 0 aliphatic carbocycles. The molecule has 2 heterocycles. The fraction of sp³-hybridized carbons (Fsp3) is 0.250. The fourth-order valence-electron chi connectivity index (χ4n) is 3.75. The van der Waals surface area contributed by atoms with Crippen LogP contribution >= 0.6 is 0 Å². The Morgan fingerprint density at radius 2 is 1.77 bits per heavy atom. The Balaban J connectivity index is 0.00000342. The minimum atomic E-state index is -5.42. The predicted molar refractivity (Wildman–Crippen MR) is 121 cm³/mol. The number of nitrogens with two attached hydrogens (primary N) is 1. The summed E-state index contributed by atoms with van der Waals surface area (Å²) in [5.41, 5.74) is -0.962. The van der Waals surface area contributed by atoms with Gasteiger partial charge in [-0.25, -0.2) is 13.2 Å². The first-order valence-electron chi connectivity index (χ1n) is 9.99. The van der Waals surface area contributed by atoms with Crippen LogP contribution in [0.4, 0.5) is 11.4 Å². The Morgan fingerprint density at radius 1 is 1.09 bits per heavy atom. The van der Waals surface area contributed by atoms with Gasteiger partial charge in [0.1, 0.15) is 16.9 Å². The van der Waals surface area contributed by atoms with Crippen molar-refractivity contribution in [3.63, 3.8) is 0 Å². The van der Waals surface area contributed by atoms with E-state index in [1.54, 1.807) is 18.2 Å². The Bertz CT molecular complexity index is 1550. The number of anilines is 2. The minimum absolute atomic E-state index is 0. The first-order chi connectivity index (χ1) is 16.0. The number of rotatable bonds is 7. The Morgan fingerprint density at radius 3 is 2.37 bits per heavy atom. The van der Waals surface area contributed by atoms with Gasteiger partial charge < -0.3 is 23.9 Å². The molecule has 1 aliphatic rings. The molecule has 0 fully saturated rings. The van der Waals surface area contributed by atoms with Crippen LogP contribution in [-0.4, -0.2) is 34.5 Å². The summed E-state index contributed by atoms with van der Waals surface area (Å²) in [6, 6.07) is 9.29. The van der Waals surface area contributed by atoms with Crippen LogP contribution in [0, 0.1) is 0 Å². The summed E-state index contributed by atoms with van der Waals surface area (Å²) in [5, 5.41) is -0.210. The molecule has 2 aromatic carbocycles. The second kappa shape index (κ2) is 9.71. The monoisotopic (exact) mass is 533 g/mol. The molecule has 0 bridgehead atoms. The summed E-state index contributed by atoms with van der Waals surface area (Å²) in [5.74, 6) is 4.59. The SMILES string of the molecule is CCN(CC)c1ccc2cc(C3(S(=O)(=O)[O-])Nc4cc(S(=O)(=O)ON)ccc4O3)c(=O)oc2c1.[Na+]. The summed E-state index contributed by atoms with van der Waals surface area (Å²) < 4.78 is 75.6. The quantitative estimate of drug-likeness (QED) is 0.154. The van der Waals surface area contributed by atoms with E-state index in [-0.39, 0.29) is 46.6 Å². The second-order valence-electron chi connectivity index (χ2n) is 7.35. The van der Waals surface area contributed by atoms with Crippen LogP contribution in [-0.2, 0) is 29.6 Å². The van der Waals surface area contributed by atoms with E-state index < -0.39 is 41.4 Å². The molecule has 182 valence electrons. The van der Waals surface area contributed by atoms with E-state index in [9.17, 15) is 26.2 Å². The first-order valence-corrected chi connectivity index (χ1v) is 12.8. The average molecular weight is 534 g/mol. The summed E-state index contributed by atoms with van der Waals surface area (Å²) in [6.07, 6.45) is 0. The number of nitrogens with zero attached hydrogens (tertiary/aromatic N) is 1. The molecule has 0 spiro atoms. The number of hydrogen-bond donors (Lipinski definition) is 2. The van der Waals surface area contributed by atoms with Crippen molar-refractivity contribution >= 4 is 42.6 Å². The van der Waals surface area contributed by atoms with Gasteiger partial charge in [0.05, 0.1) is 10.6 Å². The summed E-state index contributed by atoms with van der Waals surface area (Å²) in [7, 11) is -9.76. The maximum absolute atomic E-state index is 12.9. The third-order valence-corrected chi connectivity index (χ3v) is 7.67. The van der Waals surface area contributed by atoms with Crippen LogP contribution in [0.5, 0.6) is 5.75 Å². The summed E-state index contributed by atoms with van der Waals surface area (Å²) in [4.78, 5) is 14.5. The van der Waals surface area contributed by atoms with E-state index in [1.165, 1.54) is 6.07 Å². The van der Waals surface area contributed by atoms with Gasteiger partial charge in [0.25, 0.3) is 0 Å². The van der Waals surface area contributed by atoms with Gasteiger partial charge in [-0.15, -0.1) is 0 Å². The van der Waals surface area contributed by atoms with Crippen molar-refractivity contribution in [1.82, 2.24) is 0 Å². The van der Waals surface area contributed by atoms with Crippen LogP contribution in [0.3, 0.4) is 0 Å². The topological polar surface area (TPSA) is 181 Å². The fourth-order valence-corrected chi connectivity index (χ4v) is 5.20. The van der Waals surface area contributed by atoms with Crippen molar-refractivity contribution in [3.05, 3.63) is 58.4 Å². The van der Waals surface area contributed by atoms with E-state index >= 15 is 0 Å². The molecule has 4 rings (SSSR count). The van der Waals surface area contributed by atoms with Gasteiger partial charge in [-0.1, -0.05) is 0 Å². The van der Waals surface area contributed by atoms with E-state index in [2.05, 4.69) is 9.60 Å². The molecule has 3 N–H and O–H groups in total. The molecule has 35 heavy (non-hydrogen) atoms. The molecule has 1 atom stereocenters. The molecule has 1 aliphatic heterocycles. The zero-order chi connectivity index (χ0) is 24.9. The van der Waals surface area contributed by atoms with Crippen molar-refractivity contribution in [3.8, 4) is 5.75 Å². The maximum Gasteiger partial charge on any atom is 1.00 e. The number of nitrogens with one attached hydrogen (secondary N) is 1. The molecular weight excluding hydrogens is 513 g/mol. The Hall–Kier alpha value is -2.17. The molecule has 15 heteroatoms. The standard InChI is InChI=1S/C20H21N3O9S2.Na/c1-3-23(4-2)13-6-5-12-9-15(19(24)30-18(12)10-13)20(34(27,28)29)22-16-11-14(33(25,26)32-21)7-8-17(16)31-20;/h5-11,22H,3-4,21H2,1-2H3,(H,27,28,29);/q;+1/p-1. The molecule has 1 aromatic heterocycles. The Labute approximate surface area is 223 Å². The molecule has 0 saturated carbocycles.